The van der Waals surface area contributed by atoms with Gasteiger partial charge in [-0.25, -0.2) is 0 Å². The molecule has 0 spiro atoms. The molecule has 1 atom stereocenters. The van der Waals surface area contributed by atoms with Gasteiger partial charge in [0.2, 0.25) is 0 Å². The molecule has 2 N–H and O–H groups in total. The van der Waals surface area contributed by atoms with Crippen LogP contribution >= 0.6 is 15.9 Å². The Morgan fingerprint density at radius 1 is 1.54 bits per heavy atom. The summed E-state index contributed by atoms with van der Waals surface area (Å²) >= 11 is 3.30. The Kier molecular flexibility index (Phi) is 3.56. The Labute approximate surface area is 87.6 Å². The molecule has 1 heterocycles. The number of aryl methyl sites for hydroxylation is 1. The zero-order valence-corrected chi connectivity index (χ0v) is 9.89. The van der Waals surface area contributed by atoms with Gasteiger partial charge in [-0.3, -0.25) is 0 Å². The van der Waals surface area contributed by atoms with E-state index in [9.17, 15) is 0 Å². The van der Waals surface area contributed by atoms with Gasteiger partial charge >= 0.3 is 0 Å². The van der Waals surface area contributed by atoms with E-state index in [1.54, 1.807) is 0 Å². The Morgan fingerprint density at radius 2 is 2.15 bits per heavy atom. The van der Waals surface area contributed by atoms with Gasteiger partial charge in [0.15, 0.2) is 4.67 Å². The fourth-order valence-electron chi connectivity index (χ4n) is 1.46. The maximum absolute atomic E-state index is 6.03. The highest BCUT2D eigenvalue weighted by molar-refractivity contribution is 9.10. The summed E-state index contributed by atoms with van der Waals surface area (Å²) in [5, 5.41) is 0. The van der Waals surface area contributed by atoms with Crippen molar-refractivity contribution in [3.63, 3.8) is 0 Å². The molecule has 0 bridgehead atoms. The smallest absolute Gasteiger partial charge is 0.169 e. The van der Waals surface area contributed by atoms with Crippen LogP contribution in [0.3, 0.4) is 0 Å². The first-order valence-electron chi connectivity index (χ1n) is 4.52. The highest BCUT2D eigenvalue weighted by atomic mass is 79.9. The van der Waals surface area contributed by atoms with E-state index in [4.69, 9.17) is 10.2 Å². The largest absolute Gasteiger partial charge is 0.454 e. The fourth-order valence-corrected chi connectivity index (χ4v) is 1.95. The lowest BCUT2D eigenvalue weighted by molar-refractivity contribution is 0.480. The molecule has 0 aliphatic heterocycles. The minimum absolute atomic E-state index is 0.0926. The lowest BCUT2D eigenvalue weighted by Gasteiger charge is -2.12. The van der Waals surface area contributed by atoms with E-state index >= 15 is 0 Å². The second kappa shape index (κ2) is 4.29. The molecule has 1 aromatic rings. The molecule has 0 amide bonds. The topological polar surface area (TPSA) is 39.2 Å². The SMILES string of the molecule is Cc1oc(Br)cc1C(N)CC(C)C. The quantitative estimate of drug-likeness (QED) is 0.887. The van der Waals surface area contributed by atoms with Crippen molar-refractivity contribution in [2.75, 3.05) is 0 Å². The van der Waals surface area contributed by atoms with Gasteiger partial charge in [0, 0.05) is 11.6 Å². The minimum atomic E-state index is 0.0926. The van der Waals surface area contributed by atoms with Crippen LogP contribution in [0.5, 0.6) is 0 Å². The summed E-state index contributed by atoms with van der Waals surface area (Å²) in [7, 11) is 0. The van der Waals surface area contributed by atoms with Gasteiger partial charge in [-0.15, -0.1) is 0 Å². The van der Waals surface area contributed by atoms with Crippen LogP contribution < -0.4 is 5.73 Å². The highest BCUT2D eigenvalue weighted by Gasteiger charge is 2.14. The molecular weight excluding hydrogens is 230 g/mol. The normalized spacial score (nSPS) is 13.7. The first-order chi connectivity index (χ1) is 6.00. The molecule has 0 fully saturated rings. The zero-order chi connectivity index (χ0) is 10.0. The van der Waals surface area contributed by atoms with Gasteiger partial charge in [0.1, 0.15) is 5.76 Å². The van der Waals surface area contributed by atoms with Crippen LogP contribution in [0, 0.1) is 12.8 Å². The third-order valence-corrected chi connectivity index (χ3v) is 2.44. The van der Waals surface area contributed by atoms with Crippen molar-refractivity contribution < 1.29 is 4.42 Å². The van der Waals surface area contributed by atoms with Gasteiger partial charge < -0.3 is 10.2 Å². The van der Waals surface area contributed by atoms with Gasteiger partial charge in [-0.05, 0) is 41.3 Å². The van der Waals surface area contributed by atoms with Crippen molar-refractivity contribution in [3.8, 4) is 0 Å². The predicted octanol–water partition coefficient (Wildman–Crippen LogP) is 3.40. The van der Waals surface area contributed by atoms with Crippen LogP contribution in [0.2, 0.25) is 0 Å². The summed E-state index contributed by atoms with van der Waals surface area (Å²) in [5.41, 5.74) is 7.14. The number of halogens is 1. The number of hydrogen-bond acceptors (Lipinski definition) is 2. The van der Waals surface area contributed by atoms with Crippen molar-refractivity contribution in [1.29, 1.82) is 0 Å². The number of hydrogen-bond donors (Lipinski definition) is 1. The van der Waals surface area contributed by atoms with Crippen LogP contribution in [-0.4, -0.2) is 0 Å². The van der Waals surface area contributed by atoms with Crippen molar-refractivity contribution in [2.45, 2.75) is 33.2 Å². The summed E-state index contributed by atoms with van der Waals surface area (Å²) in [6.07, 6.45) is 0.993. The summed E-state index contributed by atoms with van der Waals surface area (Å²) in [6, 6.07) is 2.05. The summed E-state index contributed by atoms with van der Waals surface area (Å²) in [4.78, 5) is 0. The third kappa shape index (κ3) is 2.85. The van der Waals surface area contributed by atoms with Crippen molar-refractivity contribution in [2.24, 2.45) is 11.7 Å². The van der Waals surface area contributed by atoms with E-state index in [-0.39, 0.29) is 6.04 Å². The van der Waals surface area contributed by atoms with Gasteiger partial charge in [0.25, 0.3) is 0 Å². The molecule has 0 aliphatic rings. The third-order valence-electron chi connectivity index (χ3n) is 2.05. The summed E-state index contributed by atoms with van der Waals surface area (Å²) < 4.78 is 6.12. The number of furan rings is 1. The average molecular weight is 246 g/mol. The Morgan fingerprint density at radius 3 is 2.54 bits per heavy atom. The van der Waals surface area contributed by atoms with Crippen LogP contribution in [-0.2, 0) is 0 Å². The molecule has 2 nitrogen and oxygen atoms in total. The first kappa shape index (κ1) is 10.8. The monoisotopic (exact) mass is 245 g/mol. The van der Waals surface area contributed by atoms with E-state index in [1.807, 2.05) is 13.0 Å². The van der Waals surface area contributed by atoms with E-state index in [2.05, 4.69) is 29.8 Å². The van der Waals surface area contributed by atoms with Crippen LogP contribution in [0.25, 0.3) is 0 Å². The summed E-state index contributed by atoms with van der Waals surface area (Å²) in [6.45, 7) is 6.29. The van der Waals surface area contributed by atoms with E-state index in [0.29, 0.717) is 5.92 Å². The standard InChI is InChI=1S/C10H16BrNO/c1-6(2)4-9(12)8-5-10(11)13-7(8)3/h5-6,9H,4,12H2,1-3H3. The Hall–Kier alpha value is -0.280. The van der Waals surface area contributed by atoms with Crippen molar-refractivity contribution in [1.82, 2.24) is 0 Å². The predicted molar refractivity (Wildman–Crippen MR) is 57.5 cm³/mol. The molecule has 0 radical (unpaired) electrons. The molecule has 0 aromatic carbocycles. The van der Waals surface area contributed by atoms with E-state index < -0.39 is 0 Å². The molecule has 0 aliphatic carbocycles. The molecule has 1 rings (SSSR count). The fraction of sp³-hybridized carbons (Fsp3) is 0.600. The molecule has 0 saturated heterocycles. The maximum atomic E-state index is 6.03. The van der Waals surface area contributed by atoms with Crippen LogP contribution in [0.4, 0.5) is 0 Å². The molecule has 3 heteroatoms. The highest BCUT2D eigenvalue weighted by Crippen LogP contribution is 2.27. The maximum Gasteiger partial charge on any atom is 0.169 e. The molecule has 1 unspecified atom stereocenters. The molecule has 74 valence electrons. The van der Waals surface area contributed by atoms with Crippen molar-refractivity contribution >= 4 is 15.9 Å². The second-order valence-electron chi connectivity index (χ2n) is 3.80. The molecular formula is C10H16BrNO. The lowest BCUT2D eigenvalue weighted by atomic mass is 9.98. The molecule has 0 saturated carbocycles. The van der Waals surface area contributed by atoms with Crippen LogP contribution in [0.15, 0.2) is 15.2 Å². The first-order valence-corrected chi connectivity index (χ1v) is 5.31. The van der Waals surface area contributed by atoms with Gasteiger partial charge in [-0.2, -0.15) is 0 Å². The molecule has 13 heavy (non-hydrogen) atoms. The lowest BCUT2D eigenvalue weighted by Crippen LogP contribution is -2.12. The van der Waals surface area contributed by atoms with E-state index in [0.717, 1.165) is 22.4 Å². The van der Waals surface area contributed by atoms with Crippen molar-refractivity contribution in [3.05, 3.63) is 22.1 Å². The number of rotatable bonds is 3. The zero-order valence-electron chi connectivity index (χ0n) is 8.30. The summed E-state index contributed by atoms with van der Waals surface area (Å²) in [5.74, 6) is 1.53. The Balaban J connectivity index is 2.76. The van der Waals surface area contributed by atoms with Gasteiger partial charge in [-0.1, -0.05) is 13.8 Å². The molecule has 1 aromatic heterocycles. The number of nitrogens with two attached hydrogens (primary N) is 1. The Bertz CT molecular complexity index is 280. The average Bonchev–Trinajstić information content (AvgIpc) is 2.28. The van der Waals surface area contributed by atoms with E-state index in [1.165, 1.54) is 0 Å². The van der Waals surface area contributed by atoms with Gasteiger partial charge in [0.05, 0.1) is 0 Å². The van der Waals surface area contributed by atoms with Crippen LogP contribution in [0.1, 0.15) is 37.6 Å². The minimum Gasteiger partial charge on any atom is -0.454 e. The second-order valence-corrected chi connectivity index (χ2v) is 4.58.